The highest BCUT2D eigenvalue weighted by Crippen LogP contribution is 2.36. The van der Waals surface area contributed by atoms with E-state index in [9.17, 15) is 18.5 Å². The summed E-state index contributed by atoms with van der Waals surface area (Å²) in [6.07, 6.45) is 1.65. The molecule has 1 aromatic rings. The molecule has 0 aliphatic heterocycles. The number of nitrogens with zero attached hydrogens (tertiary/aromatic N) is 2. The van der Waals surface area contributed by atoms with Crippen molar-refractivity contribution < 1.29 is 13.3 Å². The van der Waals surface area contributed by atoms with E-state index in [0.29, 0.717) is 12.1 Å². The zero-order chi connectivity index (χ0) is 15.8. The summed E-state index contributed by atoms with van der Waals surface area (Å²) < 4.78 is 27.3. The summed E-state index contributed by atoms with van der Waals surface area (Å²) in [6, 6.07) is 4.34. The first kappa shape index (κ1) is 15.9. The maximum atomic E-state index is 12.9. The predicted octanol–water partition coefficient (Wildman–Crippen LogP) is 2.71. The zero-order valence-electron chi connectivity index (χ0n) is 12.4. The van der Waals surface area contributed by atoms with Gasteiger partial charge in [0.2, 0.25) is 10.0 Å². The van der Waals surface area contributed by atoms with Crippen LogP contribution in [0.2, 0.25) is 0 Å². The topological polar surface area (TPSA) is 80.5 Å². The lowest BCUT2D eigenvalue weighted by molar-refractivity contribution is -0.387. The van der Waals surface area contributed by atoms with Gasteiger partial charge < -0.3 is 0 Å². The van der Waals surface area contributed by atoms with Crippen molar-refractivity contribution in [3.63, 3.8) is 0 Å². The third-order valence-corrected chi connectivity index (χ3v) is 5.57. The summed E-state index contributed by atoms with van der Waals surface area (Å²) in [6.45, 7) is 5.87. The molecule has 0 unspecified atom stereocenters. The second-order valence-electron chi connectivity index (χ2n) is 5.88. The molecule has 6 nitrogen and oxygen atoms in total. The second kappa shape index (κ2) is 5.73. The van der Waals surface area contributed by atoms with Crippen molar-refractivity contribution in [2.45, 2.75) is 44.6 Å². The standard InChI is InChI=1S/C14H20N2O4S/c1-10(2)9-15(12-7-8-12)21(19,20)14-11(3)5-4-6-13(14)16(17)18/h4-6,10,12H,7-9H2,1-3H3. The minimum Gasteiger partial charge on any atom is -0.258 e. The molecule has 0 N–H and O–H groups in total. The predicted molar refractivity (Wildman–Crippen MR) is 79.6 cm³/mol. The Morgan fingerprint density at radius 1 is 1.38 bits per heavy atom. The monoisotopic (exact) mass is 312 g/mol. The van der Waals surface area contributed by atoms with Crippen LogP contribution in [0.4, 0.5) is 5.69 Å². The molecular weight excluding hydrogens is 292 g/mol. The maximum Gasteiger partial charge on any atom is 0.289 e. The third kappa shape index (κ3) is 3.24. The summed E-state index contributed by atoms with van der Waals surface area (Å²) in [7, 11) is -3.85. The minimum atomic E-state index is -3.85. The molecule has 0 spiro atoms. The van der Waals surface area contributed by atoms with Gasteiger partial charge in [-0.05, 0) is 31.2 Å². The fourth-order valence-electron chi connectivity index (χ4n) is 2.40. The molecule has 0 saturated heterocycles. The van der Waals surface area contributed by atoms with Crippen molar-refractivity contribution in [1.29, 1.82) is 0 Å². The van der Waals surface area contributed by atoms with Crippen LogP contribution in [0.5, 0.6) is 0 Å². The summed E-state index contributed by atoms with van der Waals surface area (Å²) in [5, 5.41) is 11.2. The Morgan fingerprint density at radius 2 is 2.00 bits per heavy atom. The van der Waals surface area contributed by atoms with Crippen molar-refractivity contribution in [1.82, 2.24) is 4.31 Å². The Labute approximate surface area is 125 Å². The molecule has 0 heterocycles. The van der Waals surface area contributed by atoms with E-state index in [-0.39, 0.29) is 22.5 Å². The van der Waals surface area contributed by atoms with E-state index < -0.39 is 14.9 Å². The van der Waals surface area contributed by atoms with Gasteiger partial charge in [-0.15, -0.1) is 0 Å². The Hall–Kier alpha value is -1.47. The number of hydrogen-bond donors (Lipinski definition) is 0. The number of aryl methyl sites for hydroxylation is 1. The van der Waals surface area contributed by atoms with Gasteiger partial charge in [0.15, 0.2) is 4.90 Å². The largest absolute Gasteiger partial charge is 0.289 e. The van der Waals surface area contributed by atoms with E-state index in [1.807, 2.05) is 13.8 Å². The van der Waals surface area contributed by atoms with Crippen LogP contribution in [0.15, 0.2) is 23.1 Å². The van der Waals surface area contributed by atoms with Crippen LogP contribution < -0.4 is 0 Å². The van der Waals surface area contributed by atoms with Crippen LogP contribution in [0.1, 0.15) is 32.3 Å². The van der Waals surface area contributed by atoms with E-state index in [1.165, 1.54) is 16.4 Å². The number of rotatable bonds is 6. The number of nitro benzene ring substituents is 1. The van der Waals surface area contributed by atoms with Crippen LogP contribution in [0, 0.1) is 23.0 Å². The SMILES string of the molecule is Cc1cccc([N+](=O)[O-])c1S(=O)(=O)N(CC(C)C)C1CC1. The Bertz CT molecular complexity index is 651. The molecule has 21 heavy (non-hydrogen) atoms. The smallest absolute Gasteiger partial charge is 0.258 e. The molecule has 0 amide bonds. The molecule has 7 heteroatoms. The summed E-state index contributed by atoms with van der Waals surface area (Å²) >= 11 is 0. The second-order valence-corrected chi connectivity index (χ2v) is 7.71. The minimum absolute atomic E-state index is 0.0170. The van der Waals surface area contributed by atoms with E-state index >= 15 is 0 Å². The molecule has 116 valence electrons. The molecule has 0 radical (unpaired) electrons. The van der Waals surface area contributed by atoms with Gasteiger partial charge >= 0.3 is 0 Å². The van der Waals surface area contributed by atoms with Crippen molar-refractivity contribution in [2.24, 2.45) is 5.92 Å². The highest BCUT2D eigenvalue weighted by Gasteiger charge is 2.41. The maximum absolute atomic E-state index is 12.9. The van der Waals surface area contributed by atoms with Crippen molar-refractivity contribution in [3.05, 3.63) is 33.9 Å². The van der Waals surface area contributed by atoms with Crippen molar-refractivity contribution in [2.75, 3.05) is 6.54 Å². The van der Waals surface area contributed by atoms with Gasteiger partial charge in [-0.2, -0.15) is 4.31 Å². The van der Waals surface area contributed by atoms with Crippen LogP contribution in [0.25, 0.3) is 0 Å². The lowest BCUT2D eigenvalue weighted by Gasteiger charge is -2.24. The molecule has 0 aromatic heterocycles. The van der Waals surface area contributed by atoms with E-state index in [2.05, 4.69) is 0 Å². The van der Waals surface area contributed by atoms with Gasteiger partial charge in [0.05, 0.1) is 4.92 Å². The van der Waals surface area contributed by atoms with Gasteiger partial charge in [0, 0.05) is 18.7 Å². The van der Waals surface area contributed by atoms with Crippen molar-refractivity contribution >= 4 is 15.7 Å². The van der Waals surface area contributed by atoms with Crippen LogP contribution >= 0.6 is 0 Å². The molecule has 1 saturated carbocycles. The molecular formula is C14H20N2O4S. The Balaban J connectivity index is 2.55. The highest BCUT2D eigenvalue weighted by atomic mass is 32.2. The van der Waals surface area contributed by atoms with Crippen LogP contribution in [-0.2, 0) is 10.0 Å². The zero-order valence-corrected chi connectivity index (χ0v) is 13.3. The fourth-order valence-corrected chi connectivity index (χ4v) is 4.61. The average molecular weight is 312 g/mol. The molecule has 2 rings (SSSR count). The number of hydrogen-bond acceptors (Lipinski definition) is 4. The van der Waals surface area contributed by atoms with Crippen LogP contribution in [0.3, 0.4) is 0 Å². The van der Waals surface area contributed by atoms with E-state index in [1.54, 1.807) is 13.0 Å². The van der Waals surface area contributed by atoms with Crippen LogP contribution in [-0.4, -0.2) is 30.2 Å². The number of nitro groups is 1. The summed E-state index contributed by atoms with van der Waals surface area (Å²) in [5.41, 5.74) is 0.0722. The Morgan fingerprint density at radius 3 is 2.48 bits per heavy atom. The van der Waals surface area contributed by atoms with E-state index in [0.717, 1.165) is 12.8 Å². The first-order chi connectivity index (χ1) is 9.75. The summed E-state index contributed by atoms with van der Waals surface area (Å²) in [4.78, 5) is 10.4. The van der Waals surface area contributed by atoms with Gasteiger partial charge in [0.25, 0.3) is 5.69 Å². The van der Waals surface area contributed by atoms with Crippen molar-refractivity contribution in [3.8, 4) is 0 Å². The first-order valence-electron chi connectivity index (χ1n) is 7.01. The third-order valence-electron chi connectivity index (χ3n) is 3.45. The van der Waals surface area contributed by atoms with Gasteiger partial charge in [-0.25, -0.2) is 8.42 Å². The first-order valence-corrected chi connectivity index (χ1v) is 8.45. The molecule has 1 aromatic carbocycles. The molecule has 1 aliphatic carbocycles. The molecule has 1 aliphatic rings. The number of sulfonamides is 1. The quantitative estimate of drug-likeness (QED) is 0.597. The summed E-state index contributed by atoms with van der Waals surface area (Å²) in [5.74, 6) is 0.170. The van der Waals surface area contributed by atoms with Gasteiger partial charge in [-0.3, -0.25) is 10.1 Å². The molecule has 0 atom stereocenters. The van der Waals surface area contributed by atoms with E-state index in [4.69, 9.17) is 0 Å². The lowest BCUT2D eigenvalue weighted by Crippen LogP contribution is -2.36. The van der Waals surface area contributed by atoms with Gasteiger partial charge in [0.1, 0.15) is 0 Å². The fraction of sp³-hybridized carbons (Fsp3) is 0.571. The average Bonchev–Trinajstić information content (AvgIpc) is 3.18. The molecule has 0 bridgehead atoms. The highest BCUT2D eigenvalue weighted by molar-refractivity contribution is 7.89. The Kier molecular flexibility index (Phi) is 4.34. The normalized spacial score (nSPS) is 15.7. The molecule has 1 fully saturated rings. The lowest BCUT2D eigenvalue weighted by atomic mass is 10.2. The van der Waals surface area contributed by atoms with Gasteiger partial charge in [-0.1, -0.05) is 26.0 Å². The number of benzene rings is 1.